The van der Waals surface area contributed by atoms with Crippen molar-refractivity contribution in [2.75, 3.05) is 5.32 Å². The van der Waals surface area contributed by atoms with Crippen molar-refractivity contribution >= 4 is 43.2 Å². The molecule has 0 amide bonds. The van der Waals surface area contributed by atoms with Crippen LogP contribution in [0.4, 0.5) is 11.4 Å². The lowest BCUT2D eigenvalue weighted by atomic mass is 10.1. The molecule has 2 aromatic rings. The number of hydrogen-bond acceptors (Lipinski definition) is 2. The third-order valence-corrected chi connectivity index (χ3v) is 3.81. The van der Waals surface area contributed by atoms with Crippen molar-refractivity contribution < 1.29 is 0 Å². The SMILES string of the molecule is Cc1cc(Br)cc(C)c1Nc1cc(Br)ccc1C#N. The van der Waals surface area contributed by atoms with E-state index in [4.69, 9.17) is 5.26 Å². The van der Waals surface area contributed by atoms with Gasteiger partial charge in [-0.25, -0.2) is 0 Å². The molecule has 0 aliphatic heterocycles. The first kappa shape index (κ1) is 14.1. The molecule has 2 rings (SSSR count). The highest BCUT2D eigenvalue weighted by atomic mass is 79.9. The van der Waals surface area contributed by atoms with Gasteiger partial charge in [0.15, 0.2) is 0 Å². The molecule has 0 fully saturated rings. The van der Waals surface area contributed by atoms with Gasteiger partial charge in [-0.05, 0) is 55.3 Å². The maximum atomic E-state index is 9.16. The fourth-order valence-corrected chi connectivity index (χ4v) is 3.01. The zero-order valence-electron chi connectivity index (χ0n) is 10.6. The maximum Gasteiger partial charge on any atom is 0.101 e. The zero-order chi connectivity index (χ0) is 14.0. The van der Waals surface area contributed by atoms with Crippen LogP contribution in [0.5, 0.6) is 0 Å². The van der Waals surface area contributed by atoms with Crippen LogP contribution in [0.2, 0.25) is 0 Å². The number of hydrogen-bond donors (Lipinski definition) is 1. The molecule has 0 unspecified atom stereocenters. The summed E-state index contributed by atoms with van der Waals surface area (Å²) in [7, 11) is 0. The number of aryl methyl sites for hydroxylation is 2. The summed E-state index contributed by atoms with van der Waals surface area (Å²) < 4.78 is 2.00. The van der Waals surface area contributed by atoms with E-state index in [0.717, 1.165) is 31.4 Å². The van der Waals surface area contributed by atoms with Gasteiger partial charge in [0, 0.05) is 14.6 Å². The van der Waals surface area contributed by atoms with Gasteiger partial charge in [-0.3, -0.25) is 0 Å². The Hall–Kier alpha value is -1.31. The van der Waals surface area contributed by atoms with Gasteiger partial charge in [0.1, 0.15) is 6.07 Å². The Morgan fingerprint density at radius 2 is 1.63 bits per heavy atom. The molecule has 1 N–H and O–H groups in total. The maximum absolute atomic E-state index is 9.16. The van der Waals surface area contributed by atoms with Crippen molar-refractivity contribution in [2.45, 2.75) is 13.8 Å². The summed E-state index contributed by atoms with van der Waals surface area (Å²) in [6.45, 7) is 4.09. The molecule has 0 aromatic heterocycles. The number of anilines is 2. The van der Waals surface area contributed by atoms with E-state index in [9.17, 15) is 0 Å². The molecule has 2 aromatic carbocycles. The van der Waals surface area contributed by atoms with Crippen molar-refractivity contribution in [3.8, 4) is 6.07 Å². The molecule has 0 aliphatic carbocycles. The first-order valence-corrected chi connectivity index (χ1v) is 7.33. The van der Waals surface area contributed by atoms with Gasteiger partial charge in [-0.1, -0.05) is 31.9 Å². The van der Waals surface area contributed by atoms with E-state index in [0.29, 0.717) is 5.56 Å². The van der Waals surface area contributed by atoms with Crippen LogP contribution in [-0.2, 0) is 0 Å². The summed E-state index contributed by atoms with van der Waals surface area (Å²) in [5, 5.41) is 12.5. The van der Waals surface area contributed by atoms with E-state index < -0.39 is 0 Å². The van der Waals surface area contributed by atoms with E-state index in [-0.39, 0.29) is 0 Å². The minimum absolute atomic E-state index is 0.630. The molecule has 0 heterocycles. The second-order valence-corrected chi connectivity index (χ2v) is 6.17. The molecular formula is C15H12Br2N2. The highest BCUT2D eigenvalue weighted by Crippen LogP contribution is 2.30. The molecule has 0 saturated heterocycles. The van der Waals surface area contributed by atoms with Gasteiger partial charge < -0.3 is 5.32 Å². The molecule has 19 heavy (non-hydrogen) atoms. The van der Waals surface area contributed by atoms with Crippen molar-refractivity contribution in [3.05, 3.63) is 56.0 Å². The van der Waals surface area contributed by atoms with Crippen molar-refractivity contribution in [1.82, 2.24) is 0 Å². The van der Waals surface area contributed by atoms with Gasteiger partial charge in [-0.2, -0.15) is 5.26 Å². The van der Waals surface area contributed by atoms with Crippen molar-refractivity contribution in [1.29, 1.82) is 5.26 Å². The number of nitrogens with one attached hydrogen (secondary N) is 1. The van der Waals surface area contributed by atoms with Crippen LogP contribution in [-0.4, -0.2) is 0 Å². The Balaban J connectivity index is 2.48. The van der Waals surface area contributed by atoms with Crippen LogP contribution in [0.3, 0.4) is 0 Å². The van der Waals surface area contributed by atoms with Crippen molar-refractivity contribution in [3.63, 3.8) is 0 Å². The minimum atomic E-state index is 0.630. The molecule has 0 spiro atoms. The summed E-state index contributed by atoms with van der Waals surface area (Å²) in [4.78, 5) is 0. The Kier molecular flexibility index (Phi) is 4.28. The smallest absolute Gasteiger partial charge is 0.101 e. The van der Waals surface area contributed by atoms with Crippen LogP contribution in [0, 0.1) is 25.2 Å². The standard InChI is InChI=1S/C15H12Br2N2/c1-9-5-13(17)6-10(2)15(9)19-14-7-12(16)4-3-11(14)8-18/h3-7,19H,1-2H3. The Morgan fingerprint density at radius 1 is 1.00 bits per heavy atom. The first-order chi connectivity index (χ1) is 9.01. The average molecular weight is 380 g/mol. The number of rotatable bonds is 2. The molecule has 0 saturated carbocycles. The summed E-state index contributed by atoms with van der Waals surface area (Å²) in [6.07, 6.45) is 0. The van der Waals surface area contributed by atoms with Crippen LogP contribution in [0.1, 0.15) is 16.7 Å². The minimum Gasteiger partial charge on any atom is -0.354 e. The summed E-state index contributed by atoms with van der Waals surface area (Å²) >= 11 is 6.92. The molecule has 0 atom stereocenters. The quantitative estimate of drug-likeness (QED) is 0.753. The fraction of sp³-hybridized carbons (Fsp3) is 0.133. The van der Waals surface area contributed by atoms with Gasteiger partial charge in [0.25, 0.3) is 0 Å². The second kappa shape index (κ2) is 5.77. The van der Waals surface area contributed by atoms with Crippen LogP contribution in [0.15, 0.2) is 39.3 Å². The van der Waals surface area contributed by atoms with Crippen LogP contribution < -0.4 is 5.32 Å². The molecule has 0 radical (unpaired) electrons. The highest BCUT2D eigenvalue weighted by Gasteiger charge is 2.08. The Labute approximate surface area is 129 Å². The van der Waals surface area contributed by atoms with Crippen LogP contribution >= 0.6 is 31.9 Å². The lowest BCUT2D eigenvalue weighted by Gasteiger charge is -2.14. The van der Waals surface area contributed by atoms with Gasteiger partial charge >= 0.3 is 0 Å². The Bertz CT molecular complexity index is 649. The topological polar surface area (TPSA) is 35.8 Å². The number of nitriles is 1. The number of benzene rings is 2. The van der Waals surface area contributed by atoms with Gasteiger partial charge in [0.05, 0.1) is 11.3 Å². The summed E-state index contributed by atoms with van der Waals surface area (Å²) in [5.74, 6) is 0. The Morgan fingerprint density at radius 3 is 2.21 bits per heavy atom. The average Bonchev–Trinajstić information content (AvgIpc) is 2.34. The van der Waals surface area contributed by atoms with Gasteiger partial charge in [-0.15, -0.1) is 0 Å². The highest BCUT2D eigenvalue weighted by molar-refractivity contribution is 9.10. The number of nitrogens with zero attached hydrogens (tertiary/aromatic N) is 1. The molecule has 2 nitrogen and oxygen atoms in total. The zero-order valence-corrected chi connectivity index (χ0v) is 13.8. The largest absolute Gasteiger partial charge is 0.354 e. The van der Waals surface area contributed by atoms with E-state index >= 15 is 0 Å². The predicted molar refractivity (Wildman–Crippen MR) is 85.8 cm³/mol. The van der Waals surface area contributed by atoms with Crippen molar-refractivity contribution in [2.24, 2.45) is 0 Å². The molecule has 96 valence electrons. The molecule has 4 heteroatoms. The molecule has 0 aliphatic rings. The third kappa shape index (κ3) is 3.17. The van der Waals surface area contributed by atoms with E-state index in [1.54, 1.807) is 6.07 Å². The molecule has 0 bridgehead atoms. The number of halogens is 2. The normalized spacial score (nSPS) is 10.1. The van der Waals surface area contributed by atoms with E-state index in [1.807, 2.05) is 26.0 Å². The van der Waals surface area contributed by atoms with E-state index in [2.05, 4.69) is 55.4 Å². The fourth-order valence-electron chi connectivity index (χ4n) is 1.96. The first-order valence-electron chi connectivity index (χ1n) is 5.74. The molecular weight excluding hydrogens is 368 g/mol. The van der Waals surface area contributed by atoms with E-state index in [1.165, 1.54) is 0 Å². The van der Waals surface area contributed by atoms with Crippen LogP contribution in [0.25, 0.3) is 0 Å². The summed E-state index contributed by atoms with van der Waals surface area (Å²) in [5.41, 5.74) is 4.75. The lowest BCUT2D eigenvalue weighted by Crippen LogP contribution is -1.98. The lowest BCUT2D eigenvalue weighted by molar-refractivity contribution is 1.34. The third-order valence-electron chi connectivity index (χ3n) is 2.86. The second-order valence-electron chi connectivity index (χ2n) is 4.34. The van der Waals surface area contributed by atoms with Gasteiger partial charge in [0.2, 0.25) is 0 Å². The predicted octanol–water partition coefficient (Wildman–Crippen LogP) is 5.44. The summed E-state index contributed by atoms with van der Waals surface area (Å²) in [6, 6.07) is 11.9. The monoisotopic (exact) mass is 378 g/mol.